The second-order valence-corrected chi connectivity index (χ2v) is 7.35. The SMILES string of the molecule is CS(=O)(=O)Cc1csc2cccc(Br)c12. The van der Waals surface area contributed by atoms with Gasteiger partial charge in [-0.15, -0.1) is 11.3 Å². The molecule has 0 spiro atoms. The first-order valence-electron chi connectivity index (χ1n) is 4.30. The zero-order valence-electron chi connectivity index (χ0n) is 8.03. The monoisotopic (exact) mass is 304 g/mol. The molecule has 0 atom stereocenters. The van der Waals surface area contributed by atoms with Crippen LogP contribution in [0, 0.1) is 0 Å². The first-order valence-corrected chi connectivity index (χ1v) is 8.03. The van der Waals surface area contributed by atoms with Crippen LogP contribution in [0.3, 0.4) is 0 Å². The molecule has 1 aromatic carbocycles. The van der Waals surface area contributed by atoms with Gasteiger partial charge >= 0.3 is 0 Å². The van der Waals surface area contributed by atoms with E-state index >= 15 is 0 Å². The Balaban J connectivity index is 2.63. The van der Waals surface area contributed by atoms with Gasteiger partial charge in [-0.1, -0.05) is 22.0 Å². The third-order valence-corrected chi connectivity index (χ3v) is 4.54. The summed E-state index contributed by atoms with van der Waals surface area (Å²) in [6.07, 6.45) is 1.26. The van der Waals surface area contributed by atoms with Crippen LogP contribution in [0.2, 0.25) is 0 Å². The molecule has 2 nitrogen and oxygen atoms in total. The zero-order valence-corrected chi connectivity index (χ0v) is 11.2. The average Bonchev–Trinajstić information content (AvgIpc) is 2.47. The van der Waals surface area contributed by atoms with Gasteiger partial charge in [0, 0.05) is 20.8 Å². The van der Waals surface area contributed by atoms with Gasteiger partial charge in [0.1, 0.15) is 0 Å². The highest BCUT2D eigenvalue weighted by Crippen LogP contribution is 2.33. The van der Waals surface area contributed by atoms with Crippen molar-refractivity contribution in [2.24, 2.45) is 0 Å². The summed E-state index contributed by atoms with van der Waals surface area (Å²) in [4.78, 5) is 0. The molecule has 80 valence electrons. The van der Waals surface area contributed by atoms with Gasteiger partial charge in [0.05, 0.1) is 5.75 Å². The lowest BCUT2D eigenvalue weighted by Crippen LogP contribution is -1.99. The minimum atomic E-state index is -2.97. The van der Waals surface area contributed by atoms with Crippen molar-refractivity contribution in [3.05, 3.63) is 33.6 Å². The van der Waals surface area contributed by atoms with E-state index in [1.807, 2.05) is 23.6 Å². The summed E-state index contributed by atoms with van der Waals surface area (Å²) in [6, 6.07) is 5.88. The van der Waals surface area contributed by atoms with Crippen LogP contribution in [0.1, 0.15) is 5.56 Å². The van der Waals surface area contributed by atoms with Gasteiger partial charge in [0.25, 0.3) is 0 Å². The summed E-state index contributed by atoms with van der Waals surface area (Å²) in [5, 5.41) is 2.93. The second-order valence-electron chi connectivity index (χ2n) is 3.44. The first-order chi connectivity index (χ1) is 6.97. The van der Waals surface area contributed by atoms with Crippen LogP contribution < -0.4 is 0 Å². The fraction of sp³-hybridized carbons (Fsp3) is 0.200. The Kier molecular flexibility index (Phi) is 2.87. The van der Waals surface area contributed by atoms with Crippen molar-refractivity contribution in [3.63, 3.8) is 0 Å². The molecule has 0 N–H and O–H groups in total. The van der Waals surface area contributed by atoms with Crippen LogP contribution >= 0.6 is 27.3 Å². The molecule has 1 aromatic heterocycles. The number of thiophene rings is 1. The van der Waals surface area contributed by atoms with Gasteiger partial charge in [-0.05, 0) is 23.1 Å². The summed E-state index contributed by atoms with van der Waals surface area (Å²) in [6.45, 7) is 0. The fourth-order valence-corrected chi connectivity index (χ4v) is 4.13. The quantitative estimate of drug-likeness (QED) is 0.854. The Labute approximate surface area is 101 Å². The van der Waals surface area contributed by atoms with Crippen molar-refractivity contribution < 1.29 is 8.42 Å². The summed E-state index contributed by atoms with van der Waals surface area (Å²) >= 11 is 5.02. The van der Waals surface area contributed by atoms with Crippen LogP contribution in [-0.2, 0) is 15.6 Å². The number of hydrogen-bond acceptors (Lipinski definition) is 3. The lowest BCUT2D eigenvalue weighted by atomic mass is 10.2. The lowest BCUT2D eigenvalue weighted by molar-refractivity contribution is 0.601. The molecule has 0 aliphatic carbocycles. The van der Waals surface area contributed by atoms with Gasteiger partial charge < -0.3 is 0 Å². The minimum absolute atomic E-state index is 0.107. The first kappa shape index (κ1) is 11.1. The number of rotatable bonds is 2. The Morgan fingerprint density at radius 3 is 2.80 bits per heavy atom. The maximum atomic E-state index is 11.2. The predicted octanol–water partition coefficient (Wildman–Crippen LogP) is 3.21. The van der Waals surface area contributed by atoms with Crippen LogP contribution in [0.4, 0.5) is 0 Å². The molecule has 15 heavy (non-hydrogen) atoms. The molecule has 0 aliphatic heterocycles. The van der Waals surface area contributed by atoms with Crippen molar-refractivity contribution in [1.29, 1.82) is 0 Å². The van der Waals surface area contributed by atoms with Crippen LogP contribution in [-0.4, -0.2) is 14.7 Å². The summed E-state index contributed by atoms with van der Waals surface area (Å²) in [5.41, 5.74) is 0.880. The number of fused-ring (bicyclic) bond motifs is 1. The van der Waals surface area contributed by atoms with E-state index in [4.69, 9.17) is 0 Å². The number of sulfone groups is 1. The summed E-state index contributed by atoms with van der Waals surface area (Å²) < 4.78 is 24.6. The van der Waals surface area contributed by atoms with E-state index in [0.29, 0.717) is 0 Å². The van der Waals surface area contributed by atoms with Gasteiger partial charge in [-0.3, -0.25) is 0 Å². The van der Waals surface area contributed by atoms with E-state index < -0.39 is 9.84 Å². The van der Waals surface area contributed by atoms with Gasteiger partial charge in [0.15, 0.2) is 9.84 Å². The molecule has 0 aliphatic rings. The van der Waals surface area contributed by atoms with E-state index in [9.17, 15) is 8.42 Å². The molecule has 0 fully saturated rings. The Morgan fingerprint density at radius 1 is 1.40 bits per heavy atom. The Hall–Kier alpha value is -0.390. The predicted molar refractivity (Wildman–Crippen MR) is 68.1 cm³/mol. The van der Waals surface area contributed by atoms with Crippen molar-refractivity contribution in [2.45, 2.75) is 5.75 Å². The molecular weight excluding hydrogens is 296 g/mol. The molecular formula is C10H9BrO2S2. The standard InChI is InChI=1S/C10H9BrO2S2/c1-15(12,13)6-7-5-14-9-4-2-3-8(11)10(7)9/h2-5H,6H2,1H3. The molecule has 0 saturated carbocycles. The number of hydrogen-bond donors (Lipinski definition) is 0. The van der Waals surface area contributed by atoms with Crippen molar-refractivity contribution in [3.8, 4) is 0 Å². The zero-order chi connectivity index (χ0) is 11.1. The number of halogens is 1. The topological polar surface area (TPSA) is 34.1 Å². The molecule has 1 heterocycles. The molecule has 0 saturated heterocycles. The molecule has 2 aromatic rings. The Bertz CT molecular complexity index is 599. The normalized spacial score (nSPS) is 12.1. The third kappa shape index (κ3) is 2.41. The van der Waals surface area contributed by atoms with Crippen molar-refractivity contribution in [2.75, 3.05) is 6.26 Å². The molecule has 0 unspecified atom stereocenters. The summed E-state index contributed by atoms with van der Waals surface area (Å²) in [7, 11) is -2.97. The van der Waals surface area contributed by atoms with E-state index in [1.165, 1.54) is 6.26 Å². The van der Waals surface area contributed by atoms with Gasteiger partial charge in [0.2, 0.25) is 0 Å². The number of benzene rings is 1. The Morgan fingerprint density at radius 2 is 2.13 bits per heavy atom. The van der Waals surface area contributed by atoms with Gasteiger partial charge in [-0.25, -0.2) is 8.42 Å². The molecule has 0 radical (unpaired) electrons. The van der Waals surface area contributed by atoms with E-state index in [2.05, 4.69) is 15.9 Å². The maximum Gasteiger partial charge on any atom is 0.151 e. The molecule has 0 amide bonds. The molecule has 2 rings (SSSR count). The lowest BCUT2D eigenvalue weighted by Gasteiger charge is -1.99. The second kappa shape index (κ2) is 3.88. The van der Waals surface area contributed by atoms with Crippen LogP contribution in [0.15, 0.2) is 28.1 Å². The van der Waals surface area contributed by atoms with Crippen LogP contribution in [0.25, 0.3) is 10.1 Å². The third-order valence-electron chi connectivity index (χ3n) is 2.04. The molecule has 0 bridgehead atoms. The van der Waals surface area contributed by atoms with Crippen molar-refractivity contribution in [1.82, 2.24) is 0 Å². The largest absolute Gasteiger partial charge is 0.229 e. The van der Waals surface area contributed by atoms with E-state index in [1.54, 1.807) is 11.3 Å². The smallest absolute Gasteiger partial charge is 0.151 e. The van der Waals surface area contributed by atoms with Crippen LogP contribution in [0.5, 0.6) is 0 Å². The fourth-order valence-electron chi connectivity index (χ4n) is 1.50. The minimum Gasteiger partial charge on any atom is -0.229 e. The average molecular weight is 305 g/mol. The maximum absolute atomic E-state index is 11.2. The van der Waals surface area contributed by atoms with E-state index in [-0.39, 0.29) is 5.75 Å². The van der Waals surface area contributed by atoms with E-state index in [0.717, 1.165) is 20.1 Å². The van der Waals surface area contributed by atoms with Crippen molar-refractivity contribution >= 4 is 47.2 Å². The van der Waals surface area contributed by atoms with Gasteiger partial charge in [-0.2, -0.15) is 0 Å². The highest BCUT2D eigenvalue weighted by atomic mass is 79.9. The molecule has 5 heteroatoms. The summed E-state index contributed by atoms with van der Waals surface area (Å²) in [5.74, 6) is 0.107. The highest BCUT2D eigenvalue weighted by Gasteiger charge is 2.11. The highest BCUT2D eigenvalue weighted by molar-refractivity contribution is 9.10.